The van der Waals surface area contributed by atoms with Crippen molar-refractivity contribution >= 4 is 24.1 Å². The summed E-state index contributed by atoms with van der Waals surface area (Å²) in [6, 6.07) is -0.836. The summed E-state index contributed by atoms with van der Waals surface area (Å²) in [4.78, 5) is 33.2. The Kier molecular flexibility index (Phi) is 3.27. The highest BCUT2D eigenvalue weighted by Gasteiger charge is 2.50. The number of amidine groups is 1. The van der Waals surface area contributed by atoms with Crippen LogP contribution < -0.4 is 0 Å². The molecule has 0 aromatic heterocycles. The Balaban J connectivity index is 1.76. The van der Waals surface area contributed by atoms with E-state index in [2.05, 4.69) is 9.89 Å². The van der Waals surface area contributed by atoms with Gasteiger partial charge < -0.3 is 4.74 Å². The van der Waals surface area contributed by atoms with E-state index in [-0.39, 0.29) is 11.9 Å². The van der Waals surface area contributed by atoms with Gasteiger partial charge in [0.1, 0.15) is 6.67 Å². The molecule has 3 aliphatic heterocycles. The number of morpholine rings is 1. The number of nitrogens with zero attached hydrogens (tertiary/aromatic N) is 5. The molecule has 0 saturated carbocycles. The van der Waals surface area contributed by atoms with E-state index >= 15 is 0 Å². The van der Waals surface area contributed by atoms with Gasteiger partial charge in [-0.05, 0) is 4.99 Å². The number of hydrogen-bond donors (Lipinski definition) is 0. The molecule has 2 saturated heterocycles. The number of rotatable bonds is 2. The number of aliphatic imine (C=N–C) groups is 1. The summed E-state index contributed by atoms with van der Waals surface area (Å²) in [6.45, 7) is 3.70. The van der Waals surface area contributed by atoms with Crippen molar-refractivity contribution in [3.05, 3.63) is 0 Å². The summed E-state index contributed by atoms with van der Waals surface area (Å²) in [5.41, 5.74) is 0. The Morgan fingerprint density at radius 2 is 2.00 bits per heavy atom. The van der Waals surface area contributed by atoms with Crippen LogP contribution in [-0.4, -0.2) is 96.5 Å². The third kappa shape index (κ3) is 2.01. The van der Waals surface area contributed by atoms with Crippen LogP contribution in [0.2, 0.25) is 0 Å². The minimum absolute atomic E-state index is 0.228. The highest BCUT2D eigenvalue weighted by atomic mass is 16.5. The number of fused-ring (bicyclic) bond motifs is 1. The predicted molar refractivity (Wildman–Crippen MR) is 70.7 cm³/mol. The van der Waals surface area contributed by atoms with Crippen LogP contribution in [0.5, 0.6) is 0 Å². The summed E-state index contributed by atoms with van der Waals surface area (Å²) in [5, 5.41) is 0. The SMILES string of the molecule is CN1C(=O)C2C(=NC=[N+]2CN2CCOCC2)N(C)C1=O. The van der Waals surface area contributed by atoms with Crippen LogP contribution in [0.15, 0.2) is 4.99 Å². The van der Waals surface area contributed by atoms with Gasteiger partial charge in [-0.15, -0.1) is 0 Å². The molecule has 2 fully saturated rings. The fourth-order valence-electron chi connectivity index (χ4n) is 2.63. The van der Waals surface area contributed by atoms with E-state index in [1.54, 1.807) is 13.4 Å². The van der Waals surface area contributed by atoms with Crippen LogP contribution in [0.1, 0.15) is 0 Å². The quantitative estimate of drug-likeness (QED) is 0.585. The number of carbonyl (C=O) groups excluding carboxylic acids is 2. The fraction of sp³-hybridized carbons (Fsp3) is 0.667. The van der Waals surface area contributed by atoms with Crippen molar-refractivity contribution in [1.29, 1.82) is 0 Å². The van der Waals surface area contributed by atoms with Gasteiger partial charge in [0.05, 0.1) is 13.2 Å². The summed E-state index contributed by atoms with van der Waals surface area (Å²) < 4.78 is 7.19. The topological polar surface area (TPSA) is 68.5 Å². The van der Waals surface area contributed by atoms with Gasteiger partial charge in [-0.1, -0.05) is 0 Å². The Morgan fingerprint density at radius 1 is 1.30 bits per heavy atom. The third-order valence-corrected chi connectivity index (χ3v) is 3.86. The van der Waals surface area contributed by atoms with Crippen molar-refractivity contribution in [2.45, 2.75) is 6.04 Å². The lowest BCUT2D eigenvalue weighted by molar-refractivity contribution is -0.552. The Bertz CT molecular complexity index is 509. The second kappa shape index (κ2) is 4.95. The lowest BCUT2D eigenvalue weighted by Crippen LogP contribution is -2.62. The van der Waals surface area contributed by atoms with Gasteiger partial charge in [-0.2, -0.15) is 0 Å². The second-order valence-corrected chi connectivity index (χ2v) is 5.13. The highest BCUT2D eigenvalue weighted by Crippen LogP contribution is 2.17. The molecule has 0 radical (unpaired) electrons. The number of ether oxygens (including phenoxy) is 1. The maximum Gasteiger partial charge on any atom is 0.333 e. The van der Waals surface area contributed by atoms with Crippen LogP contribution in [0, 0.1) is 0 Å². The summed E-state index contributed by atoms with van der Waals surface area (Å²) >= 11 is 0. The van der Waals surface area contributed by atoms with Crippen LogP contribution in [0.25, 0.3) is 0 Å². The van der Waals surface area contributed by atoms with Gasteiger partial charge in [-0.3, -0.25) is 19.5 Å². The maximum atomic E-state index is 12.3. The zero-order chi connectivity index (χ0) is 14.3. The normalized spacial score (nSPS) is 27.6. The monoisotopic (exact) mass is 280 g/mol. The lowest BCUT2D eigenvalue weighted by Gasteiger charge is -2.32. The molecule has 3 aliphatic rings. The molecule has 1 unspecified atom stereocenters. The molecule has 20 heavy (non-hydrogen) atoms. The standard InChI is InChI=1S/C12H18N5O3/c1-14-10-9(11(18)15(2)12(14)19)17(7-13-10)8-16-3-5-20-6-4-16/h7,9H,3-6,8H2,1-2H3/q+1. The maximum absolute atomic E-state index is 12.3. The van der Waals surface area contributed by atoms with E-state index in [4.69, 9.17) is 4.74 Å². The van der Waals surface area contributed by atoms with Gasteiger partial charge in [0, 0.05) is 27.2 Å². The Hall–Kier alpha value is -1.80. The van der Waals surface area contributed by atoms with Crippen molar-refractivity contribution < 1.29 is 18.9 Å². The van der Waals surface area contributed by atoms with E-state index < -0.39 is 6.04 Å². The zero-order valence-electron chi connectivity index (χ0n) is 11.7. The summed E-state index contributed by atoms with van der Waals surface area (Å²) in [5.74, 6) is 0.278. The Labute approximate surface area is 116 Å². The first-order chi connectivity index (χ1) is 9.59. The van der Waals surface area contributed by atoms with Crippen LogP contribution in [0.4, 0.5) is 4.79 Å². The number of likely N-dealkylation sites (N-methyl/N-ethyl adjacent to an activating group) is 2. The van der Waals surface area contributed by atoms with Crippen LogP contribution in [0.3, 0.4) is 0 Å². The van der Waals surface area contributed by atoms with E-state index in [9.17, 15) is 9.59 Å². The van der Waals surface area contributed by atoms with Crippen molar-refractivity contribution in [3.63, 3.8) is 0 Å². The molecule has 0 N–H and O–H groups in total. The van der Waals surface area contributed by atoms with Crippen molar-refractivity contribution in [1.82, 2.24) is 14.7 Å². The molecule has 8 heteroatoms. The van der Waals surface area contributed by atoms with Gasteiger partial charge in [0.2, 0.25) is 0 Å². The van der Waals surface area contributed by atoms with E-state index in [1.165, 1.54) is 11.9 Å². The molecule has 0 aromatic rings. The largest absolute Gasteiger partial charge is 0.379 e. The minimum atomic E-state index is -0.495. The van der Waals surface area contributed by atoms with E-state index in [1.807, 2.05) is 4.58 Å². The Morgan fingerprint density at radius 3 is 2.70 bits per heavy atom. The van der Waals surface area contributed by atoms with E-state index in [0.717, 1.165) is 18.0 Å². The average molecular weight is 280 g/mol. The number of hydrogen-bond acceptors (Lipinski definition) is 5. The predicted octanol–water partition coefficient (Wildman–Crippen LogP) is -1.38. The highest BCUT2D eigenvalue weighted by molar-refractivity contribution is 6.21. The first-order valence-electron chi connectivity index (χ1n) is 6.61. The van der Waals surface area contributed by atoms with Crippen molar-refractivity contribution in [2.75, 3.05) is 47.1 Å². The first kappa shape index (κ1) is 13.2. The van der Waals surface area contributed by atoms with Gasteiger partial charge in [-0.25, -0.2) is 9.37 Å². The minimum Gasteiger partial charge on any atom is -0.379 e. The van der Waals surface area contributed by atoms with Gasteiger partial charge in [0.25, 0.3) is 24.1 Å². The summed E-state index contributed by atoms with van der Waals surface area (Å²) in [6.07, 6.45) is 1.65. The molecule has 3 rings (SSSR count). The first-order valence-corrected chi connectivity index (χ1v) is 6.61. The lowest BCUT2D eigenvalue weighted by atomic mass is 10.2. The van der Waals surface area contributed by atoms with Crippen LogP contribution >= 0.6 is 0 Å². The van der Waals surface area contributed by atoms with Crippen LogP contribution in [-0.2, 0) is 9.53 Å². The number of carbonyl (C=O) groups is 2. The van der Waals surface area contributed by atoms with Gasteiger partial charge >= 0.3 is 6.03 Å². The molecular weight excluding hydrogens is 262 g/mol. The third-order valence-electron chi connectivity index (χ3n) is 3.86. The fourth-order valence-corrected chi connectivity index (χ4v) is 2.63. The zero-order valence-corrected chi connectivity index (χ0v) is 11.7. The molecule has 3 amide bonds. The molecule has 3 heterocycles. The van der Waals surface area contributed by atoms with E-state index in [0.29, 0.717) is 25.7 Å². The molecule has 1 atom stereocenters. The molecule has 8 nitrogen and oxygen atoms in total. The second-order valence-electron chi connectivity index (χ2n) is 5.13. The number of imide groups is 1. The molecule has 0 aliphatic carbocycles. The molecule has 0 bridgehead atoms. The smallest absolute Gasteiger partial charge is 0.333 e. The van der Waals surface area contributed by atoms with Crippen molar-refractivity contribution in [3.8, 4) is 0 Å². The number of amides is 3. The van der Waals surface area contributed by atoms with Crippen molar-refractivity contribution in [2.24, 2.45) is 4.99 Å². The van der Waals surface area contributed by atoms with Gasteiger partial charge in [0.15, 0.2) is 0 Å². The summed E-state index contributed by atoms with van der Waals surface area (Å²) in [7, 11) is 3.15. The molecule has 108 valence electrons. The molecule has 0 spiro atoms. The number of urea groups is 1. The average Bonchev–Trinajstić information content (AvgIpc) is 2.88. The molecule has 0 aromatic carbocycles. The molecular formula is C12H18N5O3+.